The average Bonchev–Trinajstić information content (AvgIpc) is 2.17. The Morgan fingerprint density at radius 2 is 1.94 bits per heavy atom. The highest BCUT2D eigenvalue weighted by atomic mass is 35.5. The van der Waals surface area contributed by atoms with Crippen LogP contribution in [0.5, 0.6) is 0 Å². The van der Waals surface area contributed by atoms with Crippen LogP contribution in [0.15, 0.2) is 4.99 Å². The van der Waals surface area contributed by atoms with Crippen molar-refractivity contribution in [1.82, 2.24) is 5.32 Å². The second-order valence-electron chi connectivity index (χ2n) is 3.54. The fourth-order valence-corrected chi connectivity index (χ4v) is 1.68. The Morgan fingerprint density at radius 1 is 1.31 bits per heavy atom. The fraction of sp³-hybridized carbons (Fsp3) is 0.909. The van der Waals surface area contributed by atoms with Crippen molar-refractivity contribution in [2.45, 2.75) is 51.9 Å². The molecule has 0 bridgehead atoms. The Balaban J connectivity index is 0. The molecule has 2 N–H and O–H groups in total. The molecule has 1 atom stereocenters. The van der Waals surface area contributed by atoms with Gasteiger partial charge in [-0.1, -0.05) is 38.5 Å². The van der Waals surface area contributed by atoms with Crippen LogP contribution in [0.4, 0.5) is 0 Å². The van der Waals surface area contributed by atoms with E-state index < -0.39 is 0 Å². The second kappa shape index (κ2) is 13.1. The van der Waals surface area contributed by atoms with E-state index in [0.29, 0.717) is 0 Å². The number of halogens is 1. The fourth-order valence-electron chi connectivity index (χ4n) is 1.01. The van der Waals surface area contributed by atoms with Crippen molar-refractivity contribution < 1.29 is 5.11 Å². The smallest absolute Gasteiger partial charge is 0.159 e. The summed E-state index contributed by atoms with van der Waals surface area (Å²) in [5.74, 6) is 0. The predicted molar refractivity (Wildman–Crippen MR) is 76.6 cm³/mol. The lowest BCUT2D eigenvalue weighted by Gasteiger charge is -2.10. The maximum absolute atomic E-state index is 9.28. The van der Waals surface area contributed by atoms with Gasteiger partial charge in [0.25, 0.3) is 0 Å². The Kier molecular flexibility index (Phi) is 15.1. The summed E-state index contributed by atoms with van der Waals surface area (Å²) in [5.41, 5.74) is -0.389. The van der Waals surface area contributed by atoms with Gasteiger partial charge in [-0.3, -0.25) is 4.99 Å². The molecule has 0 amide bonds. The van der Waals surface area contributed by atoms with Crippen LogP contribution >= 0.6 is 24.2 Å². The molecule has 0 aliphatic rings. The number of nitrogens with zero attached hydrogens (tertiary/aromatic N) is 1. The van der Waals surface area contributed by atoms with Gasteiger partial charge in [-0.25, -0.2) is 0 Å². The molecule has 0 spiro atoms. The van der Waals surface area contributed by atoms with Gasteiger partial charge in [0.15, 0.2) is 5.17 Å². The molecule has 98 valence electrons. The predicted octanol–water partition coefficient (Wildman–Crippen LogP) is 3.03. The molecule has 0 rings (SSSR count). The molecule has 0 aromatic carbocycles. The molecule has 5 heteroatoms. The van der Waals surface area contributed by atoms with E-state index in [1.54, 1.807) is 6.92 Å². The van der Waals surface area contributed by atoms with Crippen LogP contribution in [0, 0.1) is 0 Å². The lowest BCUT2D eigenvalue weighted by atomic mass is 10.3. The van der Waals surface area contributed by atoms with Crippen molar-refractivity contribution in [3.8, 4) is 0 Å². The van der Waals surface area contributed by atoms with Crippen LogP contribution in [0.3, 0.4) is 0 Å². The highest BCUT2D eigenvalue weighted by molar-refractivity contribution is 8.14. The Morgan fingerprint density at radius 3 is 2.44 bits per heavy atom. The summed E-state index contributed by atoms with van der Waals surface area (Å²) in [4.78, 5) is 4.43. The van der Waals surface area contributed by atoms with Crippen molar-refractivity contribution in [2.24, 2.45) is 4.99 Å². The van der Waals surface area contributed by atoms with E-state index in [2.05, 4.69) is 24.2 Å². The van der Waals surface area contributed by atoms with Crippen molar-refractivity contribution >= 4 is 29.3 Å². The number of rotatable bonds is 7. The van der Waals surface area contributed by atoms with Crippen molar-refractivity contribution in [1.29, 1.82) is 0 Å². The van der Waals surface area contributed by atoms with Gasteiger partial charge in [0.1, 0.15) is 5.44 Å². The molecule has 0 heterocycles. The number of amidine groups is 1. The summed E-state index contributed by atoms with van der Waals surface area (Å²) in [6.07, 6.45) is 4.59. The lowest BCUT2D eigenvalue weighted by molar-refractivity contribution is 0.285. The van der Waals surface area contributed by atoms with Gasteiger partial charge in [0.05, 0.1) is 0 Å². The number of aliphatic imine (C=N–C) groups is 1. The number of thioether (sulfide) groups is 1. The second-order valence-corrected chi connectivity index (χ2v) is 4.84. The van der Waals surface area contributed by atoms with Crippen molar-refractivity contribution in [3.63, 3.8) is 0 Å². The van der Waals surface area contributed by atoms with E-state index in [1.807, 2.05) is 0 Å². The first-order valence-electron chi connectivity index (χ1n) is 5.83. The minimum atomic E-state index is -0.389. The van der Waals surface area contributed by atoms with Gasteiger partial charge in [0.2, 0.25) is 0 Å². The number of unbranched alkanes of at least 4 members (excludes halogenated alkanes) is 2. The molecule has 0 saturated carbocycles. The normalized spacial score (nSPS) is 13.1. The van der Waals surface area contributed by atoms with E-state index in [-0.39, 0.29) is 17.8 Å². The topological polar surface area (TPSA) is 44.6 Å². The number of aliphatic hydroxyl groups excluding tert-OH is 1. The summed E-state index contributed by atoms with van der Waals surface area (Å²) >= 11 is 1.39. The summed E-state index contributed by atoms with van der Waals surface area (Å²) in [6, 6.07) is 0. The third-order valence-electron chi connectivity index (χ3n) is 1.86. The third kappa shape index (κ3) is 12.1. The molecular formula is C11H25ClN2OS. The standard InChI is InChI=1S/C11H24N2OS.ClH/c1-4-6-8-12-11(15-10(3)14)13-9-7-5-2;/h10,14H,4-9H2,1-3H3,(H,12,13);1H. The molecule has 0 aliphatic carbocycles. The van der Waals surface area contributed by atoms with Gasteiger partial charge in [-0.05, 0) is 19.8 Å². The quantitative estimate of drug-likeness (QED) is 0.323. The van der Waals surface area contributed by atoms with Crippen LogP contribution in [0.1, 0.15) is 46.5 Å². The van der Waals surface area contributed by atoms with E-state index >= 15 is 0 Å². The van der Waals surface area contributed by atoms with Crippen LogP contribution in [0.2, 0.25) is 0 Å². The lowest BCUT2D eigenvalue weighted by Crippen LogP contribution is -2.23. The number of aliphatic hydroxyl groups is 1. The first-order valence-corrected chi connectivity index (χ1v) is 6.71. The molecule has 0 aromatic rings. The summed E-state index contributed by atoms with van der Waals surface area (Å²) < 4.78 is 0. The molecule has 0 aliphatic heterocycles. The van der Waals surface area contributed by atoms with Gasteiger partial charge in [-0.15, -0.1) is 12.4 Å². The largest absolute Gasteiger partial charge is 0.382 e. The number of nitrogens with one attached hydrogen (secondary N) is 1. The first-order chi connectivity index (χ1) is 7.20. The Hall–Kier alpha value is 0.0700. The highest BCUT2D eigenvalue weighted by Crippen LogP contribution is 2.08. The van der Waals surface area contributed by atoms with Gasteiger partial charge in [0, 0.05) is 13.1 Å². The minimum Gasteiger partial charge on any atom is -0.382 e. The van der Waals surface area contributed by atoms with E-state index in [4.69, 9.17) is 0 Å². The van der Waals surface area contributed by atoms with Crippen molar-refractivity contribution in [3.05, 3.63) is 0 Å². The molecule has 1 unspecified atom stereocenters. The zero-order valence-electron chi connectivity index (χ0n) is 10.5. The summed E-state index contributed by atoms with van der Waals surface area (Å²) in [5, 5.41) is 13.4. The minimum absolute atomic E-state index is 0. The molecule has 0 saturated heterocycles. The zero-order chi connectivity index (χ0) is 11.5. The molecule has 0 radical (unpaired) electrons. The van der Waals surface area contributed by atoms with Gasteiger partial charge < -0.3 is 10.4 Å². The molecule has 16 heavy (non-hydrogen) atoms. The highest BCUT2D eigenvalue weighted by Gasteiger charge is 2.03. The van der Waals surface area contributed by atoms with E-state index in [0.717, 1.165) is 37.5 Å². The number of hydrogen-bond donors (Lipinski definition) is 2. The van der Waals surface area contributed by atoms with Crippen molar-refractivity contribution in [2.75, 3.05) is 13.1 Å². The summed E-state index contributed by atoms with van der Waals surface area (Å²) in [7, 11) is 0. The molecule has 3 nitrogen and oxygen atoms in total. The molecule has 0 aromatic heterocycles. The summed E-state index contributed by atoms with van der Waals surface area (Å²) in [6.45, 7) is 7.88. The van der Waals surface area contributed by atoms with Crippen LogP contribution in [-0.4, -0.2) is 28.8 Å². The average molecular weight is 269 g/mol. The first kappa shape index (κ1) is 18.4. The monoisotopic (exact) mass is 268 g/mol. The zero-order valence-corrected chi connectivity index (χ0v) is 12.2. The van der Waals surface area contributed by atoms with Gasteiger partial charge >= 0.3 is 0 Å². The molecule has 0 fully saturated rings. The van der Waals surface area contributed by atoms with Crippen LogP contribution in [0.25, 0.3) is 0 Å². The third-order valence-corrected chi connectivity index (χ3v) is 2.69. The Labute approximate surface area is 110 Å². The van der Waals surface area contributed by atoms with Crippen LogP contribution in [-0.2, 0) is 0 Å². The Bertz CT molecular complexity index is 177. The van der Waals surface area contributed by atoms with Crippen LogP contribution < -0.4 is 5.32 Å². The van der Waals surface area contributed by atoms with Gasteiger partial charge in [-0.2, -0.15) is 0 Å². The SMILES string of the molecule is CCCCN=C(NCCCC)SC(C)O.Cl. The maximum Gasteiger partial charge on any atom is 0.159 e. The maximum atomic E-state index is 9.28. The molecular weight excluding hydrogens is 244 g/mol. The van der Waals surface area contributed by atoms with E-state index in [9.17, 15) is 5.11 Å². The number of hydrogen-bond acceptors (Lipinski definition) is 3. The van der Waals surface area contributed by atoms with E-state index in [1.165, 1.54) is 18.2 Å².